The Balaban J connectivity index is 1.64. The van der Waals surface area contributed by atoms with Crippen LogP contribution in [0.5, 0.6) is 0 Å². The van der Waals surface area contributed by atoms with Crippen LogP contribution in [-0.4, -0.2) is 45.2 Å². The van der Waals surface area contributed by atoms with E-state index in [4.69, 9.17) is 0 Å². The number of hydrogen-bond acceptors (Lipinski definition) is 5. The van der Waals surface area contributed by atoms with Crippen molar-refractivity contribution in [2.24, 2.45) is 0 Å². The van der Waals surface area contributed by atoms with Crippen molar-refractivity contribution in [3.05, 3.63) is 53.5 Å². The summed E-state index contributed by atoms with van der Waals surface area (Å²) in [6.07, 6.45) is 2.31. The molecule has 1 aliphatic rings. The number of aromatic nitrogens is 2. The lowest BCUT2D eigenvalue weighted by molar-refractivity contribution is 0.173. The molecule has 0 radical (unpaired) electrons. The van der Waals surface area contributed by atoms with Crippen LogP contribution in [0.25, 0.3) is 0 Å². The average molecular weight is 312 g/mol. The molecule has 2 aromatic rings. The normalized spacial score (nSPS) is 21.5. The monoisotopic (exact) mass is 312 g/mol. The molecule has 1 aromatic heterocycles. The summed E-state index contributed by atoms with van der Waals surface area (Å²) in [7, 11) is 0. The first-order valence-corrected chi connectivity index (χ1v) is 8.12. The summed E-state index contributed by atoms with van der Waals surface area (Å²) in [6, 6.07) is 10.7. The Morgan fingerprint density at radius 2 is 2.04 bits per heavy atom. The SMILES string of the molecule is Cc1cnc(C)c(NC[C@@H]2C[C@@H](O)CN2Cc2ccccc2)n1. The van der Waals surface area contributed by atoms with E-state index >= 15 is 0 Å². The molecule has 122 valence electrons. The zero-order valence-corrected chi connectivity index (χ0v) is 13.7. The van der Waals surface area contributed by atoms with Gasteiger partial charge in [-0.2, -0.15) is 0 Å². The van der Waals surface area contributed by atoms with Crippen LogP contribution in [0.2, 0.25) is 0 Å². The van der Waals surface area contributed by atoms with E-state index in [-0.39, 0.29) is 6.10 Å². The minimum absolute atomic E-state index is 0.254. The summed E-state index contributed by atoms with van der Waals surface area (Å²) < 4.78 is 0. The van der Waals surface area contributed by atoms with Gasteiger partial charge in [-0.15, -0.1) is 0 Å². The number of hydrogen-bond donors (Lipinski definition) is 2. The van der Waals surface area contributed by atoms with Gasteiger partial charge in [0.1, 0.15) is 5.82 Å². The second-order valence-corrected chi connectivity index (χ2v) is 6.28. The minimum atomic E-state index is -0.254. The molecule has 0 bridgehead atoms. The number of nitrogens with zero attached hydrogens (tertiary/aromatic N) is 3. The Hall–Kier alpha value is -1.98. The van der Waals surface area contributed by atoms with Crippen molar-refractivity contribution in [3.63, 3.8) is 0 Å². The molecule has 3 rings (SSSR count). The summed E-state index contributed by atoms with van der Waals surface area (Å²) in [5, 5.41) is 13.5. The third kappa shape index (κ3) is 4.06. The number of aliphatic hydroxyl groups excluding tert-OH is 1. The number of aliphatic hydroxyl groups is 1. The molecule has 0 unspecified atom stereocenters. The molecule has 23 heavy (non-hydrogen) atoms. The molecule has 1 fully saturated rings. The second kappa shape index (κ2) is 7.06. The van der Waals surface area contributed by atoms with E-state index in [1.54, 1.807) is 6.20 Å². The van der Waals surface area contributed by atoms with E-state index in [0.29, 0.717) is 6.04 Å². The van der Waals surface area contributed by atoms with Crippen LogP contribution in [0.15, 0.2) is 36.5 Å². The molecule has 1 aliphatic heterocycles. The fourth-order valence-electron chi connectivity index (χ4n) is 3.10. The quantitative estimate of drug-likeness (QED) is 0.886. The highest BCUT2D eigenvalue weighted by Gasteiger charge is 2.30. The van der Waals surface area contributed by atoms with Crippen molar-refractivity contribution >= 4 is 5.82 Å². The van der Waals surface area contributed by atoms with E-state index in [1.165, 1.54) is 5.56 Å². The van der Waals surface area contributed by atoms with Gasteiger partial charge in [-0.05, 0) is 25.8 Å². The first-order chi connectivity index (χ1) is 11.1. The van der Waals surface area contributed by atoms with E-state index in [2.05, 4.69) is 44.5 Å². The molecule has 0 aliphatic carbocycles. The number of nitrogens with one attached hydrogen (secondary N) is 1. The topological polar surface area (TPSA) is 61.3 Å². The number of likely N-dealkylation sites (tertiary alicyclic amines) is 1. The largest absolute Gasteiger partial charge is 0.392 e. The summed E-state index contributed by atoms with van der Waals surface area (Å²) in [4.78, 5) is 11.2. The average Bonchev–Trinajstić information content (AvgIpc) is 2.89. The third-order valence-corrected chi connectivity index (χ3v) is 4.32. The molecular weight excluding hydrogens is 288 g/mol. The lowest BCUT2D eigenvalue weighted by Crippen LogP contribution is -2.34. The van der Waals surface area contributed by atoms with Gasteiger partial charge in [0.25, 0.3) is 0 Å². The molecule has 2 atom stereocenters. The highest BCUT2D eigenvalue weighted by Crippen LogP contribution is 2.21. The molecular formula is C18H24N4O. The highest BCUT2D eigenvalue weighted by atomic mass is 16.3. The second-order valence-electron chi connectivity index (χ2n) is 6.28. The lowest BCUT2D eigenvalue weighted by atomic mass is 10.1. The Labute approximate surface area is 137 Å². The lowest BCUT2D eigenvalue weighted by Gasteiger charge is -2.25. The molecule has 0 amide bonds. The number of aryl methyl sites for hydroxylation is 2. The zero-order chi connectivity index (χ0) is 16.2. The van der Waals surface area contributed by atoms with Crippen molar-refractivity contribution in [1.29, 1.82) is 0 Å². The van der Waals surface area contributed by atoms with Gasteiger partial charge in [0.2, 0.25) is 0 Å². The van der Waals surface area contributed by atoms with Crippen LogP contribution in [-0.2, 0) is 6.54 Å². The maximum Gasteiger partial charge on any atom is 0.147 e. The van der Waals surface area contributed by atoms with Crippen molar-refractivity contribution in [3.8, 4) is 0 Å². The number of anilines is 1. The third-order valence-electron chi connectivity index (χ3n) is 4.32. The van der Waals surface area contributed by atoms with Gasteiger partial charge in [0, 0.05) is 31.9 Å². The maximum absolute atomic E-state index is 10.0. The first kappa shape index (κ1) is 15.9. The van der Waals surface area contributed by atoms with E-state index in [1.807, 2.05) is 19.9 Å². The van der Waals surface area contributed by atoms with Gasteiger partial charge in [-0.25, -0.2) is 4.98 Å². The molecule has 0 saturated carbocycles. The number of β-amino-alcohol motifs (C(OH)–C–C–N with tert-alkyl or cyclic N) is 1. The molecule has 2 heterocycles. The van der Waals surface area contributed by atoms with Crippen molar-refractivity contribution in [2.75, 3.05) is 18.4 Å². The predicted octanol–water partition coefficient (Wildman–Crippen LogP) is 2.14. The number of rotatable bonds is 5. The fraction of sp³-hybridized carbons (Fsp3) is 0.444. The summed E-state index contributed by atoms with van der Waals surface area (Å²) in [6.45, 7) is 6.25. The Kier molecular flexibility index (Phi) is 4.88. The standard InChI is InChI=1S/C18H24N4O/c1-13-9-19-14(2)18(21-13)20-10-16-8-17(23)12-22(16)11-15-6-4-3-5-7-15/h3-7,9,16-17,23H,8,10-12H2,1-2H3,(H,20,21)/t16-,17+/m0/s1. The molecule has 1 aromatic carbocycles. The smallest absolute Gasteiger partial charge is 0.147 e. The number of benzene rings is 1. The van der Waals surface area contributed by atoms with Gasteiger partial charge in [-0.3, -0.25) is 9.88 Å². The van der Waals surface area contributed by atoms with Gasteiger partial charge in [-0.1, -0.05) is 30.3 Å². The Morgan fingerprint density at radius 3 is 2.83 bits per heavy atom. The summed E-state index contributed by atoms with van der Waals surface area (Å²) in [5.41, 5.74) is 3.09. The van der Waals surface area contributed by atoms with Crippen LogP contribution in [0.3, 0.4) is 0 Å². The van der Waals surface area contributed by atoms with Crippen molar-refractivity contribution in [1.82, 2.24) is 14.9 Å². The zero-order valence-electron chi connectivity index (χ0n) is 13.7. The van der Waals surface area contributed by atoms with E-state index in [0.717, 1.165) is 43.3 Å². The van der Waals surface area contributed by atoms with Crippen LogP contribution in [0.1, 0.15) is 23.4 Å². The molecule has 1 saturated heterocycles. The maximum atomic E-state index is 10.0. The Morgan fingerprint density at radius 1 is 1.26 bits per heavy atom. The molecule has 5 heteroatoms. The highest BCUT2D eigenvalue weighted by molar-refractivity contribution is 5.39. The van der Waals surface area contributed by atoms with Gasteiger partial charge < -0.3 is 10.4 Å². The summed E-state index contributed by atoms with van der Waals surface area (Å²) >= 11 is 0. The first-order valence-electron chi connectivity index (χ1n) is 8.12. The fourth-order valence-corrected chi connectivity index (χ4v) is 3.10. The van der Waals surface area contributed by atoms with Crippen LogP contribution >= 0.6 is 0 Å². The van der Waals surface area contributed by atoms with E-state index < -0.39 is 0 Å². The van der Waals surface area contributed by atoms with Crippen LogP contribution < -0.4 is 5.32 Å². The molecule has 0 spiro atoms. The van der Waals surface area contributed by atoms with Gasteiger partial charge in [0.15, 0.2) is 0 Å². The molecule has 5 nitrogen and oxygen atoms in total. The minimum Gasteiger partial charge on any atom is -0.392 e. The van der Waals surface area contributed by atoms with Gasteiger partial charge in [0.05, 0.1) is 17.5 Å². The van der Waals surface area contributed by atoms with E-state index in [9.17, 15) is 5.11 Å². The Bertz CT molecular complexity index is 647. The van der Waals surface area contributed by atoms with Crippen LogP contribution in [0, 0.1) is 13.8 Å². The van der Waals surface area contributed by atoms with Crippen molar-refractivity contribution in [2.45, 2.75) is 39.0 Å². The predicted molar refractivity (Wildman–Crippen MR) is 91.3 cm³/mol. The molecule has 2 N–H and O–H groups in total. The van der Waals surface area contributed by atoms with Crippen molar-refractivity contribution < 1.29 is 5.11 Å². The van der Waals surface area contributed by atoms with Gasteiger partial charge >= 0.3 is 0 Å². The van der Waals surface area contributed by atoms with Crippen LogP contribution in [0.4, 0.5) is 5.82 Å². The summed E-state index contributed by atoms with van der Waals surface area (Å²) in [5.74, 6) is 0.839.